The Kier molecular flexibility index (Phi) is 5.32. The molecule has 1 aliphatic carbocycles. The first kappa shape index (κ1) is 15.2. The van der Waals surface area contributed by atoms with Gasteiger partial charge in [0, 0.05) is 12.0 Å². The third-order valence-electron chi connectivity index (χ3n) is 4.47. The van der Waals surface area contributed by atoms with E-state index in [-0.39, 0.29) is 12.0 Å². The van der Waals surface area contributed by atoms with Crippen LogP contribution in [0.5, 0.6) is 0 Å². The van der Waals surface area contributed by atoms with E-state index in [4.69, 9.17) is 0 Å². The van der Waals surface area contributed by atoms with Crippen LogP contribution in [0.25, 0.3) is 0 Å². The van der Waals surface area contributed by atoms with Gasteiger partial charge in [0.05, 0.1) is 6.42 Å². The van der Waals surface area contributed by atoms with E-state index in [1.54, 1.807) is 6.33 Å². The maximum atomic E-state index is 12.4. The van der Waals surface area contributed by atoms with Gasteiger partial charge in [-0.25, -0.2) is 9.67 Å². The fourth-order valence-electron chi connectivity index (χ4n) is 3.31. The highest BCUT2D eigenvalue weighted by atomic mass is 16.1. The molecule has 4 heteroatoms. The van der Waals surface area contributed by atoms with Crippen LogP contribution in [0.1, 0.15) is 71.2 Å². The summed E-state index contributed by atoms with van der Waals surface area (Å²) >= 11 is 0. The highest BCUT2D eigenvalue weighted by molar-refractivity contribution is 5.82. The number of ketones is 1. The Morgan fingerprint density at radius 3 is 2.65 bits per heavy atom. The Morgan fingerprint density at radius 1 is 1.35 bits per heavy atom. The van der Waals surface area contributed by atoms with Gasteiger partial charge in [0.2, 0.25) is 0 Å². The minimum atomic E-state index is 0.250. The number of hydrogen-bond acceptors (Lipinski definition) is 3. The first-order valence-electron chi connectivity index (χ1n) is 8.02. The number of rotatable bonds is 6. The monoisotopic (exact) mass is 277 g/mol. The molecule has 4 nitrogen and oxygen atoms in total. The van der Waals surface area contributed by atoms with Crippen molar-refractivity contribution in [3.8, 4) is 0 Å². The largest absolute Gasteiger partial charge is 0.299 e. The molecule has 1 heterocycles. The summed E-state index contributed by atoms with van der Waals surface area (Å²) < 4.78 is 1.86. The molecule has 0 aromatic carbocycles. The second-order valence-electron chi connectivity index (χ2n) is 6.36. The standard InChI is InChI=1S/C16H27N3O/c1-4-5-13-6-8-14(9-7-13)15(20)10-16-17-11-18-19(16)12(2)3/h11-14H,4-10H2,1-3H3. The lowest BCUT2D eigenvalue weighted by Gasteiger charge is -2.27. The fourth-order valence-corrected chi connectivity index (χ4v) is 3.31. The Bertz CT molecular complexity index is 431. The van der Waals surface area contributed by atoms with E-state index < -0.39 is 0 Å². The molecular weight excluding hydrogens is 250 g/mol. The first-order valence-corrected chi connectivity index (χ1v) is 8.02. The number of hydrogen-bond donors (Lipinski definition) is 0. The van der Waals surface area contributed by atoms with Crippen LogP contribution in [0.3, 0.4) is 0 Å². The van der Waals surface area contributed by atoms with Gasteiger partial charge < -0.3 is 0 Å². The van der Waals surface area contributed by atoms with Crippen LogP contribution >= 0.6 is 0 Å². The van der Waals surface area contributed by atoms with Crippen molar-refractivity contribution in [2.24, 2.45) is 11.8 Å². The van der Waals surface area contributed by atoms with Crippen LogP contribution in [0.15, 0.2) is 6.33 Å². The summed E-state index contributed by atoms with van der Waals surface area (Å²) in [6.45, 7) is 6.38. The highest BCUT2D eigenvalue weighted by Gasteiger charge is 2.26. The number of Topliss-reactive ketones (excluding diaryl/α,β-unsaturated/α-hetero) is 1. The minimum absolute atomic E-state index is 0.250. The van der Waals surface area contributed by atoms with E-state index in [1.807, 2.05) is 4.68 Å². The zero-order chi connectivity index (χ0) is 14.5. The molecule has 20 heavy (non-hydrogen) atoms. The second kappa shape index (κ2) is 7.00. The highest BCUT2D eigenvalue weighted by Crippen LogP contribution is 2.32. The van der Waals surface area contributed by atoms with Crippen LogP contribution < -0.4 is 0 Å². The van der Waals surface area contributed by atoms with Gasteiger partial charge in [-0.15, -0.1) is 0 Å². The quantitative estimate of drug-likeness (QED) is 0.798. The molecule has 1 aromatic heterocycles. The van der Waals surface area contributed by atoms with E-state index in [2.05, 4.69) is 30.9 Å². The Hall–Kier alpha value is -1.19. The SMILES string of the molecule is CCCC1CCC(C(=O)Cc2ncnn2C(C)C)CC1. The molecule has 0 saturated heterocycles. The summed E-state index contributed by atoms with van der Waals surface area (Å²) in [6.07, 6.45) is 9.17. The molecule has 1 aliphatic rings. The van der Waals surface area contributed by atoms with E-state index in [0.29, 0.717) is 12.2 Å². The van der Waals surface area contributed by atoms with E-state index in [1.165, 1.54) is 25.7 Å². The molecule has 1 aromatic rings. The number of carbonyl (C=O) groups excluding carboxylic acids is 1. The van der Waals surface area contributed by atoms with Gasteiger partial charge >= 0.3 is 0 Å². The Morgan fingerprint density at radius 2 is 2.05 bits per heavy atom. The van der Waals surface area contributed by atoms with Crippen molar-refractivity contribution in [3.05, 3.63) is 12.2 Å². The molecule has 0 atom stereocenters. The first-order chi connectivity index (χ1) is 9.61. The van der Waals surface area contributed by atoms with Crippen LogP contribution in [0.2, 0.25) is 0 Å². The van der Waals surface area contributed by atoms with E-state index in [9.17, 15) is 4.79 Å². The third-order valence-corrected chi connectivity index (χ3v) is 4.47. The topological polar surface area (TPSA) is 47.8 Å². The van der Waals surface area contributed by atoms with Crippen molar-refractivity contribution < 1.29 is 4.79 Å². The molecule has 1 fully saturated rings. The number of nitrogens with zero attached hydrogens (tertiary/aromatic N) is 3. The third kappa shape index (κ3) is 3.68. The molecule has 112 valence electrons. The normalized spacial score (nSPS) is 23.2. The summed E-state index contributed by atoms with van der Waals surface area (Å²) in [7, 11) is 0. The molecule has 0 bridgehead atoms. The zero-order valence-electron chi connectivity index (χ0n) is 13.0. The van der Waals surface area contributed by atoms with Crippen molar-refractivity contribution in [3.63, 3.8) is 0 Å². The molecule has 0 unspecified atom stereocenters. The molecular formula is C16H27N3O. The average molecular weight is 277 g/mol. The lowest BCUT2D eigenvalue weighted by atomic mass is 9.78. The van der Waals surface area contributed by atoms with Gasteiger partial charge in [-0.1, -0.05) is 19.8 Å². The lowest BCUT2D eigenvalue weighted by molar-refractivity contribution is -0.123. The number of carbonyl (C=O) groups is 1. The van der Waals surface area contributed by atoms with Gasteiger partial charge in [0.1, 0.15) is 17.9 Å². The Labute approximate surface area is 122 Å². The predicted molar refractivity (Wildman–Crippen MR) is 79.5 cm³/mol. The van der Waals surface area contributed by atoms with Gasteiger partial charge in [-0.2, -0.15) is 5.10 Å². The summed E-state index contributed by atoms with van der Waals surface area (Å²) in [5, 5.41) is 4.20. The second-order valence-corrected chi connectivity index (χ2v) is 6.36. The van der Waals surface area contributed by atoms with Crippen molar-refractivity contribution >= 4 is 5.78 Å². The van der Waals surface area contributed by atoms with Crippen molar-refractivity contribution in [2.75, 3.05) is 0 Å². The van der Waals surface area contributed by atoms with Gasteiger partial charge in [0.25, 0.3) is 0 Å². The molecule has 0 N–H and O–H groups in total. The van der Waals surface area contributed by atoms with Crippen molar-refractivity contribution in [2.45, 2.75) is 71.8 Å². The maximum absolute atomic E-state index is 12.4. The molecule has 0 amide bonds. The summed E-state index contributed by atoms with van der Waals surface area (Å²) in [4.78, 5) is 16.7. The van der Waals surface area contributed by atoms with Crippen LogP contribution in [-0.2, 0) is 11.2 Å². The van der Waals surface area contributed by atoms with Gasteiger partial charge in [-0.05, 0) is 45.4 Å². The molecule has 0 radical (unpaired) electrons. The van der Waals surface area contributed by atoms with Crippen LogP contribution in [0, 0.1) is 11.8 Å². The smallest absolute Gasteiger partial charge is 0.143 e. The number of aromatic nitrogens is 3. The molecule has 0 spiro atoms. The summed E-state index contributed by atoms with van der Waals surface area (Å²) in [5.41, 5.74) is 0. The zero-order valence-corrected chi connectivity index (χ0v) is 13.0. The van der Waals surface area contributed by atoms with Gasteiger partial charge in [-0.3, -0.25) is 4.79 Å². The minimum Gasteiger partial charge on any atom is -0.299 e. The molecule has 1 saturated carbocycles. The summed E-state index contributed by atoms with van der Waals surface area (Å²) in [5.74, 6) is 2.28. The lowest BCUT2D eigenvalue weighted by Crippen LogP contribution is -2.24. The van der Waals surface area contributed by atoms with Crippen molar-refractivity contribution in [1.29, 1.82) is 0 Å². The van der Waals surface area contributed by atoms with Crippen LogP contribution in [0.4, 0.5) is 0 Å². The average Bonchev–Trinajstić information content (AvgIpc) is 2.88. The van der Waals surface area contributed by atoms with E-state index in [0.717, 1.165) is 24.6 Å². The predicted octanol–water partition coefficient (Wildman–Crippen LogP) is 3.58. The van der Waals surface area contributed by atoms with Crippen molar-refractivity contribution in [1.82, 2.24) is 14.8 Å². The van der Waals surface area contributed by atoms with Gasteiger partial charge in [0.15, 0.2) is 0 Å². The fraction of sp³-hybridized carbons (Fsp3) is 0.812. The Balaban J connectivity index is 1.88. The van der Waals surface area contributed by atoms with E-state index >= 15 is 0 Å². The molecule has 0 aliphatic heterocycles. The van der Waals surface area contributed by atoms with Crippen LogP contribution in [-0.4, -0.2) is 20.5 Å². The maximum Gasteiger partial charge on any atom is 0.143 e. The summed E-state index contributed by atoms with van der Waals surface area (Å²) in [6, 6.07) is 0.264. The molecule has 2 rings (SSSR count).